The Hall–Kier alpha value is -2.67. The third-order valence-corrected chi connectivity index (χ3v) is 5.29. The summed E-state index contributed by atoms with van der Waals surface area (Å²) in [5, 5.41) is 0. The summed E-state index contributed by atoms with van der Waals surface area (Å²) in [6, 6.07) is 13.7. The number of benzene rings is 1. The van der Waals surface area contributed by atoms with Gasteiger partial charge in [0.1, 0.15) is 6.33 Å². The first-order valence-electron chi connectivity index (χ1n) is 8.62. The van der Waals surface area contributed by atoms with Crippen LogP contribution in [-0.4, -0.2) is 38.4 Å². The van der Waals surface area contributed by atoms with Crippen LogP contribution in [0.5, 0.6) is 0 Å². The molecule has 7 heteroatoms. The van der Waals surface area contributed by atoms with E-state index in [0.29, 0.717) is 17.9 Å². The predicted octanol–water partition coefficient (Wildman–Crippen LogP) is 2.70. The molecule has 0 amide bonds. The van der Waals surface area contributed by atoms with Crippen LogP contribution >= 0.6 is 11.8 Å². The summed E-state index contributed by atoms with van der Waals surface area (Å²) in [5.41, 5.74) is 1.25. The van der Waals surface area contributed by atoms with Crippen LogP contribution in [0.1, 0.15) is 6.42 Å². The van der Waals surface area contributed by atoms with Gasteiger partial charge in [0.15, 0.2) is 0 Å². The van der Waals surface area contributed by atoms with Gasteiger partial charge in [0.25, 0.3) is 5.56 Å². The van der Waals surface area contributed by atoms with Crippen molar-refractivity contribution in [3.8, 4) is 11.4 Å². The Kier molecular flexibility index (Phi) is 4.97. The molecule has 1 aliphatic rings. The molecular weight excluding hydrogens is 346 g/mol. The molecule has 0 saturated heterocycles. The highest BCUT2D eigenvalue weighted by atomic mass is 32.2. The topological polar surface area (TPSA) is 63.9 Å². The van der Waals surface area contributed by atoms with Crippen molar-refractivity contribution < 1.29 is 0 Å². The second-order valence-corrected chi connectivity index (χ2v) is 7.20. The number of rotatable bonds is 5. The fourth-order valence-corrected chi connectivity index (χ4v) is 3.94. The maximum Gasteiger partial charge on any atom is 0.255 e. The number of hydrogen-bond acceptors (Lipinski definition) is 6. The molecule has 0 saturated carbocycles. The largest absolute Gasteiger partial charge is 0.341 e. The molecule has 0 N–H and O–H groups in total. The molecule has 6 nitrogen and oxygen atoms in total. The van der Waals surface area contributed by atoms with E-state index in [1.54, 1.807) is 22.9 Å². The number of anilines is 1. The van der Waals surface area contributed by atoms with Crippen molar-refractivity contribution >= 4 is 17.7 Å². The number of thioether (sulfide) groups is 1. The fourth-order valence-electron chi connectivity index (χ4n) is 3.04. The van der Waals surface area contributed by atoms with E-state index in [0.717, 1.165) is 31.2 Å². The molecule has 1 aliphatic heterocycles. The van der Waals surface area contributed by atoms with Crippen molar-refractivity contribution in [1.29, 1.82) is 0 Å². The van der Waals surface area contributed by atoms with Gasteiger partial charge >= 0.3 is 0 Å². The molecule has 3 aromatic rings. The lowest BCUT2D eigenvalue weighted by molar-refractivity contribution is 0.539. The highest BCUT2D eigenvalue weighted by molar-refractivity contribution is 7.99. The Bertz CT molecular complexity index is 930. The molecule has 132 valence electrons. The van der Waals surface area contributed by atoms with E-state index < -0.39 is 0 Å². The second-order valence-electron chi connectivity index (χ2n) is 6.03. The van der Waals surface area contributed by atoms with Crippen LogP contribution in [0.4, 0.5) is 5.95 Å². The van der Waals surface area contributed by atoms with Gasteiger partial charge in [-0.3, -0.25) is 9.36 Å². The first-order chi connectivity index (χ1) is 12.8. The number of fused-ring (bicyclic) bond motifs is 1. The van der Waals surface area contributed by atoms with Gasteiger partial charge in [-0.15, -0.1) is 11.8 Å². The first-order valence-corrected chi connectivity index (χ1v) is 9.61. The van der Waals surface area contributed by atoms with Crippen LogP contribution < -0.4 is 10.5 Å². The van der Waals surface area contributed by atoms with Gasteiger partial charge in [0, 0.05) is 42.5 Å². The molecule has 26 heavy (non-hydrogen) atoms. The average Bonchev–Trinajstić information content (AvgIpc) is 2.70. The Morgan fingerprint density at radius 3 is 2.77 bits per heavy atom. The van der Waals surface area contributed by atoms with Crippen molar-refractivity contribution in [2.75, 3.05) is 23.7 Å². The van der Waals surface area contributed by atoms with Gasteiger partial charge in [-0.2, -0.15) is 0 Å². The van der Waals surface area contributed by atoms with Crippen LogP contribution in [0.15, 0.2) is 64.7 Å². The van der Waals surface area contributed by atoms with Crippen LogP contribution in [0.3, 0.4) is 0 Å². The zero-order valence-corrected chi connectivity index (χ0v) is 15.1. The van der Waals surface area contributed by atoms with E-state index in [1.165, 1.54) is 11.2 Å². The van der Waals surface area contributed by atoms with Crippen LogP contribution in [0, 0.1) is 0 Å². The van der Waals surface area contributed by atoms with Gasteiger partial charge in [0.2, 0.25) is 5.95 Å². The monoisotopic (exact) mass is 365 g/mol. The molecule has 0 bridgehead atoms. The summed E-state index contributed by atoms with van der Waals surface area (Å²) >= 11 is 1.82. The minimum Gasteiger partial charge on any atom is -0.341 e. The lowest BCUT2D eigenvalue weighted by Crippen LogP contribution is -2.39. The molecule has 0 fully saturated rings. The van der Waals surface area contributed by atoms with Crippen molar-refractivity contribution in [3.05, 3.63) is 65.3 Å². The highest BCUT2D eigenvalue weighted by Gasteiger charge is 2.20. The Morgan fingerprint density at radius 1 is 1.08 bits per heavy atom. The molecule has 0 atom stereocenters. The van der Waals surface area contributed by atoms with Crippen LogP contribution in [-0.2, 0) is 6.54 Å². The lowest BCUT2D eigenvalue weighted by atomic mass is 10.2. The smallest absolute Gasteiger partial charge is 0.255 e. The van der Waals surface area contributed by atoms with Crippen molar-refractivity contribution in [1.82, 2.24) is 19.5 Å². The molecule has 0 aliphatic carbocycles. The van der Waals surface area contributed by atoms with Gasteiger partial charge in [-0.25, -0.2) is 15.0 Å². The molecular formula is C19H19N5OS. The first kappa shape index (κ1) is 16.8. The lowest BCUT2D eigenvalue weighted by Gasteiger charge is -2.30. The molecule has 4 rings (SSSR count). The highest BCUT2D eigenvalue weighted by Crippen LogP contribution is 2.22. The van der Waals surface area contributed by atoms with Gasteiger partial charge in [0.05, 0.1) is 11.4 Å². The summed E-state index contributed by atoms with van der Waals surface area (Å²) in [7, 11) is 0. The van der Waals surface area contributed by atoms with Crippen LogP contribution in [0.25, 0.3) is 11.4 Å². The molecule has 2 aromatic heterocycles. The number of nitrogens with zero attached hydrogens (tertiary/aromatic N) is 5. The normalized spacial score (nSPS) is 13.5. The maximum atomic E-state index is 12.5. The SMILES string of the molecule is O=c1cc(-c2ccncn2)nc2n1CCCN2CCSc1ccccc1. The van der Waals surface area contributed by atoms with Crippen molar-refractivity contribution in [2.24, 2.45) is 0 Å². The van der Waals surface area contributed by atoms with Crippen molar-refractivity contribution in [2.45, 2.75) is 17.9 Å². The molecule has 0 spiro atoms. The third kappa shape index (κ3) is 3.62. The summed E-state index contributed by atoms with van der Waals surface area (Å²) in [6.07, 6.45) is 4.09. The third-order valence-electron chi connectivity index (χ3n) is 4.30. The standard InChI is InChI=1S/C19H19N5OS/c25-18-13-17(16-7-8-20-14-21-16)22-19-23(9-4-10-24(18)19)11-12-26-15-5-2-1-3-6-15/h1-3,5-8,13-14H,4,9-12H2. The Morgan fingerprint density at radius 2 is 1.96 bits per heavy atom. The van der Waals surface area contributed by atoms with Crippen LogP contribution in [0.2, 0.25) is 0 Å². The quantitative estimate of drug-likeness (QED) is 0.648. The van der Waals surface area contributed by atoms with Gasteiger partial charge in [-0.05, 0) is 24.6 Å². The zero-order chi connectivity index (χ0) is 17.8. The Labute approximate surface area is 155 Å². The van der Waals surface area contributed by atoms with E-state index in [-0.39, 0.29) is 5.56 Å². The van der Waals surface area contributed by atoms with Gasteiger partial charge in [-0.1, -0.05) is 18.2 Å². The van der Waals surface area contributed by atoms with E-state index in [4.69, 9.17) is 4.98 Å². The number of hydrogen-bond donors (Lipinski definition) is 0. The predicted molar refractivity (Wildman–Crippen MR) is 104 cm³/mol. The summed E-state index contributed by atoms with van der Waals surface area (Å²) in [4.78, 5) is 28.9. The van der Waals surface area contributed by atoms with E-state index in [1.807, 2.05) is 30.0 Å². The summed E-state index contributed by atoms with van der Waals surface area (Å²) < 4.78 is 1.77. The van der Waals surface area contributed by atoms with E-state index >= 15 is 0 Å². The number of aromatic nitrogens is 4. The summed E-state index contributed by atoms with van der Waals surface area (Å²) in [5.74, 6) is 1.68. The van der Waals surface area contributed by atoms with E-state index in [9.17, 15) is 4.79 Å². The van der Waals surface area contributed by atoms with Gasteiger partial charge < -0.3 is 4.90 Å². The minimum absolute atomic E-state index is 0.0241. The van der Waals surface area contributed by atoms with Crippen molar-refractivity contribution in [3.63, 3.8) is 0 Å². The maximum absolute atomic E-state index is 12.5. The molecule has 0 unspecified atom stereocenters. The Balaban J connectivity index is 1.56. The molecule has 1 aromatic carbocycles. The fraction of sp³-hybridized carbons (Fsp3) is 0.263. The minimum atomic E-state index is -0.0241. The zero-order valence-electron chi connectivity index (χ0n) is 14.3. The molecule has 3 heterocycles. The second kappa shape index (κ2) is 7.70. The summed E-state index contributed by atoms with van der Waals surface area (Å²) in [6.45, 7) is 2.47. The molecule has 0 radical (unpaired) electrons. The average molecular weight is 365 g/mol. The van der Waals surface area contributed by atoms with E-state index in [2.05, 4.69) is 27.0 Å².